The summed E-state index contributed by atoms with van der Waals surface area (Å²) < 4.78 is 5.61. The Bertz CT molecular complexity index is 1300. The van der Waals surface area contributed by atoms with Gasteiger partial charge in [0.1, 0.15) is 11.4 Å². The van der Waals surface area contributed by atoms with Gasteiger partial charge in [-0.15, -0.1) is 0 Å². The van der Waals surface area contributed by atoms with Crippen LogP contribution in [-0.4, -0.2) is 60.7 Å². The maximum absolute atomic E-state index is 13.1. The maximum Gasteiger partial charge on any atom is 0.271 e. The summed E-state index contributed by atoms with van der Waals surface area (Å²) in [6.45, 7) is 9.78. The first-order chi connectivity index (χ1) is 16.6. The fourth-order valence-electron chi connectivity index (χ4n) is 4.03. The molecule has 2 heterocycles. The number of carbonyl (C=O) groups excluding carboxylic acids is 4. The predicted molar refractivity (Wildman–Crippen MR) is 130 cm³/mol. The normalized spacial score (nSPS) is 14.1. The number of hydrogen-bond donors (Lipinski definition) is 1. The molecule has 0 unspecified atom stereocenters. The van der Waals surface area contributed by atoms with Crippen molar-refractivity contribution in [3.8, 4) is 16.9 Å². The van der Waals surface area contributed by atoms with Gasteiger partial charge in [0.25, 0.3) is 23.6 Å². The molecule has 0 radical (unpaired) electrons. The van der Waals surface area contributed by atoms with Crippen molar-refractivity contribution in [1.82, 2.24) is 15.1 Å². The number of nitrogens with zero attached hydrogens (tertiary/aromatic N) is 3. The van der Waals surface area contributed by atoms with Crippen molar-refractivity contribution in [3.63, 3.8) is 0 Å². The first-order valence-electron chi connectivity index (χ1n) is 11.1. The predicted octanol–water partition coefficient (Wildman–Crippen LogP) is 2.29. The standard InChI is InChI=1S/C26H26N4O5/c1-6-28(4)25(33)15(2)27-24(32)16(3)30-13-20-18(8-7-9-19(20)26(30)34)17-10-11-21-22(12-17)35-14-23(31)29(21)5/h7-12H,2-3,6,13-14H2,1,4-5H3,(H,27,32). The molecule has 0 bridgehead atoms. The lowest BCUT2D eigenvalue weighted by Crippen LogP contribution is -2.39. The van der Waals surface area contributed by atoms with E-state index in [2.05, 4.69) is 18.5 Å². The van der Waals surface area contributed by atoms with Crippen LogP contribution in [0.1, 0.15) is 22.8 Å². The Morgan fingerprint density at radius 1 is 1.14 bits per heavy atom. The summed E-state index contributed by atoms with van der Waals surface area (Å²) in [6, 6.07) is 10.9. The van der Waals surface area contributed by atoms with E-state index >= 15 is 0 Å². The van der Waals surface area contributed by atoms with E-state index in [1.807, 2.05) is 18.2 Å². The lowest BCUT2D eigenvalue weighted by molar-refractivity contribution is -0.128. The Morgan fingerprint density at radius 3 is 2.57 bits per heavy atom. The smallest absolute Gasteiger partial charge is 0.271 e. The second-order valence-corrected chi connectivity index (χ2v) is 8.35. The maximum atomic E-state index is 13.1. The molecular formula is C26H26N4O5. The number of carbonyl (C=O) groups is 4. The summed E-state index contributed by atoms with van der Waals surface area (Å²) in [7, 11) is 3.29. The molecule has 4 amide bonds. The summed E-state index contributed by atoms with van der Waals surface area (Å²) in [5.41, 5.74) is 3.32. The van der Waals surface area contributed by atoms with Crippen LogP contribution in [0, 0.1) is 0 Å². The summed E-state index contributed by atoms with van der Waals surface area (Å²) in [5.74, 6) is -1.01. The molecule has 0 spiro atoms. The molecule has 4 rings (SSSR count). The Balaban J connectivity index is 1.57. The van der Waals surface area contributed by atoms with Crippen LogP contribution in [0.2, 0.25) is 0 Å². The third-order valence-electron chi connectivity index (χ3n) is 6.26. The van der Waals surface area contributed by atoms with Gasteiger partial charge in [0.2, 0.25) is 0 Å². The third kappa shape index (κ3) is 4.16. The van der Waals surface area contributed by atoms with Gasteiger partial charge in [0.15, 0.2) is 6.61 Å². The van der Waals surface area contributed by atoms with Crippen LogP contribution >= 0.6 is 0 Å². The number of fused-ring (bicyclic) bond motifs is 2. The Kier molecular flexibility index (Phi) is 6.17. The average molecular weight is 475 g/mol. The number of rotatable bonds is 6. The number of hydrogen-bond acceptors (Lipinski definition) is 5. The van der Waals surface area contributed by atoms with Crippen molar-refractivity contribution in [2.24, 2.45) is 0 Å². The largest absolute Gasteiger partial charge is 0.482 e. The number of anilines is 1. The molecule has 180 valence electrons. The molecule has 0 atom stereocenters. The fraction of sp³-hybridized carbons (Fsp3) is 0.231. The first kappa shape index (κ1) is 23.7. The lowest BCUT2D eigenvalue weighted by atomic mass is 9.96. The van der Waals surface area contributed by atoms with E-state index in [1.54, 1.807) is 44.1 Å². The summed E-state index contributed by atoms with van der Waals surface area (Å²) in [4.78, 5) is 54.2. The zero-order valence-corrected chi connectivity index (χ0v) is 19.9. The topological polar surface area (TPSA) is 99.3 Å². The van der Waals surface area contributed by atoms with Crippen LogP contribution in [0.5, 0.6) is 5.75 Å². The minimum atomic E-state index is -0.676. The van der Waals surface area contributed by atoms with Gasteiger partial charge in [0, 0.05) is 26.2 Å². The van der Waals surface area contributed by atoms with E-state index in [9.17, 15) is 19.2 Å². The van der Waals surface area contributed by atoms with Crippen molar-refractivity contribution in [2.45, 2.75) is 13.5 Å². The average Bonchev–Trinajstić information content (AvgIpc) is 3.20. The van der Waals surface area contributed by atoms with E-state index in [1.165, 1.54) is 9.80 Å². The van der Waals surface area contributed by atoms with Gasteiger partial charge in [-0.25, -0.2) is 0 Å². The van der Waals surface area contributed by atoms with Crippen molar-refractivity contribution < 1.29 is 23.9 Å². The van der Waals surface area contributed by atoms with Gasteiger partial charge in [-0.1, -0.05) is 31.4 Å². The number of benzene rings is 2. The Labute approximate surface area is 203 Å². The highest BCUT2D eigenvalue weighted by Gasteiger charge is 2.34. The zero-order chi connectivity index (χ0) is 25.4. The molecule has 9 nitrogen and oxygen atoms in total. The summed E-state index contributed by atoms with van der Waals surface area (Å²) in [6.07, 6.45) is 0. The number of ether oxygens (including phenoxy) is 1. The number of likely N-dealkylation sites (N-methyl/N-ethyl adjacent to an activating group) is 2. The van der Waals surface area contributed by atoms with E-state index < -0.39 is 11.8 Å². The molecule has 2 aromatic rings. The SMILES string of the molecule is C=C(NC(=O)C(=C)N1Cc2c(cccc2-c2ccc3c(c2)OCC(=O)N3C)C1=O)C(=O)N(C)CC. The molecule has 0 aliphatic carbocycles. The van der Waals surface area contributed by atoms with E-state index in [0.717, 1.165) is 16.7 Å². The van der Waals surface area contributed by atoms with Gasteiger partial charge >= 0.3 is 0 Å². The molecular weight excluding hydrogens is 448 g/mol. The van der Waals surface area contributed by atoms with Crippen molar-refractivity contribution in [1.29, 1.82) is 0 Å². The van der Waals surface area contributed by atoms with Gasteiger partial charge in [-0.3, -0.25) is 24.1 Å². The second-order valence-electron chi connectivity index (χ2n) is 8.35. The molecule has 9 heteroatoms. The van der Waals surface area contributed by atoms with Crippen LogP contribution in [0.25, 0.3) is 11.1 Å². The Morgan fingerprint density at radius 2 is 1.86 bits per heavy atom. The molecule has 2 aliphatic rings. The lowest BCUT2D eigenvalue weighted by Gasteiger charge is -2.26. The molecule has 0 aromatic heterocycles. The molecule has 35 heavy (non-hydrogen) atoms. The molecule has 0 saturated heterocycles. The van der Waals surface area contributed by atoms with E-state index in [0.29, 0.717) is 23.5 Å². The molecule has 2 aromatic carbocycles. The van der Waals surface area contributed by atoms with Gasteiger partial charge < -0.3 is 19.9 Å². The fourth-order valence-corrected chi connectivity index (χ4v) is 4.03. The first-order valence-corrected chi connectivity index (χ1v) is 11.1. The highest BCUT2D eigenvalue weighted by atomic mass is 16.5. The van der Waals surface area contributed by atoms with Gasteiger partial charge in [-0.2, -0.15) is 0 Å². The Hall–Kier alpha value is -4.40. The number of amides is 4. The van der Waals surface area contributed by atoms with Crippen LogP contribution in [0.4, 0.5) is 5.69 Å². The monoisotopic (exact) mass is 474 g/mol. The molecule has 2 aliphatic heterocycles. The van der Waals surface area contributed by atoms with E-state index in [-0.39, 0.29) is 36.4 Å². The van der Waals surface area contributed by atoms with Crippen LogP contribution in [0.15, 0.2) is 61.0 Å². The van der Waals surface area contributed by atoms with E-state index in [4.69, 9.17) is 4.74 Å². The summed E-state index contributed by atoms with van der Waals surface area (Å²) in [5, 5.41) is 2.44. The third-order valence-corrected chi connectivity index (χ3v) is 6.26. The van der Waals surface area contributed by atoms with Crippen LogP contribution < -0.4 is 15.0 Å². The van der Waals surface area contributed by atoms with Crippen molar-refractivity contribution in [3.05, 3.63) is 72.1 Å². The number of nitrogens with one attached hydrogen (secondary N) is 1. The molecule has 0 fully saturated rings. The zero-order valence-electron chi connectivity index (χ0n) is 19.9. The summed E-state index contributed by atoms with van der Waals surface area (Å²) >= 11 is 0. The highest BCUT2D eigenvalue weighted by Crippen LogP contribution is 2.39. The van der Waals surface area contributed by atoms with Crippen LogP contribution in [-0.2, 0) is 20.9 Å². The van der Waals surface area contributed by atoms with Gasteiger partial charge in [0.05, 0.1) is 17.9 Å². The quantitative estimate of drug-likeness (QED) is 0.648. The van der Waals surface area contributed by atoms with Crippen LogP contribution in [0.3, 0.4) is 0 Å². The minimum Gasteiger partial charge on any atom is -0.482 e. The minimum absolute atomic E-state index is 0.0388. The second kappa shape index (κ2) is 9.09. The van der Waals surface area contributed by atoms with Crippen molar-refractivity contribution in [2.75, 3.05) is 32.1 Å². The molecule has 0 saturated carbocycles. The molecule has 1 N–H and O–H groups in total. The highest BCUT2D eigenvalue weighted by molar-refractivity contribution is 6.08. The van der Waals surface area contributed by atoms with Crippen molar-refractivity contribution >= 4 is 29.3 Å². The van der Waals surface area contributed by atoms with Gasteiger partial charge in [-0.05, 0) is 41.8 Å².